The van der Waals surface area contributed by atoms with Crippen molar-refractivity contribution >= 4 is 5.97 Å². The lowest BCUT2D eigenvalue weighted by Crippen LogP contribution is -2.19. The molecule has 0 aliphatic rings. The van der Waals surface area contributed by atoms with Gasteiger partial charge in [0.15, 0.2) is 0 Å². The Morgan fingerprint density at radius 1 is 1.53 bits per heavy atom. The van der Waals surface area contributed by atoms with Crippen LogP contribution >= 0.6 is 0 Å². The smallest absolute Gasteiger partial charge is 0.333 e. The molecule has 0 fully saturated rings. The summed E-state index contributed by atoms with van der Waals surface area (Å²) < 4.78 is 4.61. The molecule has 0 aromatic carbocycles. The minimum Gasteiger partial charge on any atom is -0.466 e. The van der Waals surface area contributed by atoms with E-state index in [9.17, 15) is 4.79 Å². The van der Waals surface area contributed by atoms with Gasteiger partial charge in [0, 0.05) is 30.6 Å². The number of esters is 1. The van der Waals surface area contributed by atoms with E-state index in [0.29, 0.717) is 12.1 Å². The molecular weight excluding hydrogens is 216 g/mol. The van der Waals surface area contributed by atoms with Gasteiger partial charge in [0.25, 0.3) is 0 Å². The van der Waals surface area contributed by atoms with Gasteiger partial charge < -0.3 is 10.1 Å². The first-order chi connectivity index (χ1) is 8.15. The predicted molar refractivity (Wildman–Crippen MR) is 66.4 cm³/mol. The van der Waals surface area contributed by atoms with Gasteiger partial charge in [0.1, 0.15) is 0 Å². The first-order valence-corrected chi connectivity index (χ1v) is 5.53. The highest BCUT2D eigenvalue weighted by Crippen LogP contribution is 2.09. The molecule has 4 nitrogen and oxygen atoms in total. The average molecular weight is 234 g/mol. The van der Waals surface area contributed by atoms with Gasteiger partial charge in [-0.2, -0.15) is 0 Å². The molecule has 0 bridgehead atoms. The third kappa shape index (κ3) is 4.36. The Morgan fingerprint density at radius 2 is 2.18 bits per heavy atom. The zero-order valence-electron chi connectivity index (χ0n) is 10.4. The van der Waals surface area contributed by atoms with E-state index in [1.54, 1.807) is 19.3 Å². The second kappa shape index (κ2) is 6.81. The van der Waals surface area contributed by atoms with Gasteiger partial charge in [0.05, 0.1) is 7.11 Å². The molecule has 0 spiro atoms. The van der Waals surface area contributed by atoms with Crippen molar-refractivity contribution in [2.24, 2.45) is 0 Å². The fourth-order valence-corrected chi connectivity index (χ4v) is 1.40. The number of nitrogens with zero attached hydrogens (tertiary/aromatic N) is 1. The van der Waals surface area contributed by atoms with Gasteiger partial charge in [0.2, 0.25) is 0 Å². The Balaban J connectivity index is 2.44. The fraction of sp³-hybridized carbons (Fsp3) is 0.385. The lowest BCUT2D eigenvalue weighted by Gasteiger charge is -2.12. The average Bonchev–Trinajstić information content (AvgIpc) is 2.38. The van der Waals surface area contributed by atoms with Gasteiger partial charge in [-0.15, -0.1) is 0 Å². The molecular formula is C13H18N2O2. The molecule has 1 rings (SSSR count). The highest BCUT2D eigenvalue weighted by molar-refractivity contribution is 5.87. The molecule has 1 N–H and O–H groups in total. The van der Waals surface area contributed by atoms with Gasteiger partial charge in [-0.1, -0.05) is 6.08 Å². The number of pyridine rings is 1. The Hall–Kier alpha value is -1.68. The van der Waals surface area contributed by atoms with Crippen LogP contribution in [0.2, 0.25) is 0 Å². The van der Waals surface area contributed by atoms with Crippen LogP contribution in [0.4, 0.5) is 0 Å². The van der Waals surface area contributed by atoms with Gasteiger partial charge in [-0.3, -0.25) is 4.98 Å². The molecule has 17 heavy (non-hydrogen) atoms. The molecule has 0 aliphatic carbocycles. The van der Waals surface area contributed by atoms with E-state index in [-0.39, 0.29) is 12.0 Å². The van der Waals surface area contributed by atoms with E-state index >= 15 is 0 Å². The molecule has 0 radical (unpaired) electrons. The van der Waals surface area contributed by atoms with Crippen LogP contribution in [0.1, 0.15) is 25.5 Å². The zero-order valence-corrected chi connectivity index (χ0v) is 10.4. The summed E-state index contributed by atoms with van der Waals surface area (Å²) in [5.74, 6) is -0.289. The second-order valence-electron chi connectivity index (χ2n) is 3.79. The molecule has 4 heteroatoms. The van der Waals surface area contributed by atoms with Crippen LogP contribution in [0.5, 0.6) is 0 Å². The summed E-state index contributed by atoms with van der Waals surface area (Å²) in [6.07, 6.45) is 5.36. The molecule has 1 heterocycles. The molecule has 0 aliphatic heterocycles. The van der Waals surface area contributed by atoms with E-state index in [2.05, 4.69) is 22.0 Å². The molecule has 0 saturated carbocycles. The van der Waals surface area contributed by atoms with Crippen molar-refractivity contribution in [2.75, 3.05) is 13.7 Å². The molecule has 1 aromatic heterocycles. The van der Waals surface area contributed by atoms with Crippen LogP contribution in [0.15, 0.2) is 36.2 Å². The van der Waals surface area contributed by atoms with Crippen molar-refractivity contribution < 1.29 is 9.53 Å². The quantitative estimate of drug-likeness (QED) is 0.624. The van der Waals surface area contributed by atoms with Crippen molar-refractivity contribution in [3.05, 3.63) is 41.7 Å². The topological polar surface area (TPSA) is 51.2 Å². The Morgan fingerprint density at radius 3 is 2.76 bits per heavy atom. The number of ether oxygens (including phenoxy) is 1. The number of carbonyl (C=O) groups excluding carboxylic acids is 1. The summed E-state index contributed by atoms with van der Waals surface area (Å²) >= 11 is 0. The predicted octanol–water partition coefficient (Wildman–Crippen LogP) is 1.85. The summed E-state index contributed by atoms with van der Waals surface area (Å²) in [5.41, 5.74) is 1.78. The summed E-state index contributed by atoms with van der Waals surface area (Å²) in [6.45, 7) is 4.44. The summed E-state index contributed by atoms with van der Waals surface area (Å²) in [7, 11) is 1.38. The first-order valence-electron chi connectivity index (χ1n) is 5.53. The Bertz CT molecular complexity index is 388. The van der Waals surface area contributed by atoms with Crippen molar-refractivity contribution in [1.82, 2.24) is 10.3 Å². The number of nitrogens with one attached hydrogen (secondary N) is 1. The van der Waals surface area contributed by atoms with E-state index in [0.717, 1.165) is 0 Å². The first kappa shape index (κ1) is 13.4. The number of hydrogen-bond donors (Lipinski definition) is 1. The number of carbonyl (C=O) groups is 1. The van der Waals surface area contributed by atoms with Crippen LogP contribution < -0.4 is 5.32 Å². The maximum Gasteiger partial charge on any atom is 0.333 e. The zero-order chi connectivity index (χ0) is 12.7. The van der Waals surface area contributed by atoms with Crippen LogP contribution in [0.25, 0.3) is 0 Å². The van der Waals surface area contributed by atoms with Crippen molar-refractivity contribution in [3.63, 3.8) is 0 Å². The monoisotopic (exact) mass is 234 g/mol. The highest BCUT2D eigenvalue weighted by Gasteiger charge is 2.04. The molecule has 1 aromatic rings. The van der Waals surface area contributed by atoms with Crippen molar-refractivity contribution in [1.29, 1.82) is 0 Å². The third-order valence-corrected chi connectivity index (χ3v) is 2.55. The van der Waals surface area contributed by atoms with Crippen molar-refractivity contribution in [2.45, 2.75) is 19.9 Å². The van der Waals surface area contributed by atoms with Gasteiger partial charge in [-0.25, -0.2) is 4.79 Å². The Kier molecular flexibility index (Phi) is 5.36. The maximum absolute atomic E-state index is 11.1. The number of aromatic nitrogens is 1. The third-order valence-electron chi connectivity index (χ3n) is 2.55. The lowest BCUT2D eigenvalue weighted by atomic mass is 10.1. The van der Waals surface area contributed by atoms with Crippen LogP contribution in [-0.2, 0) is 9.53 Å². The highest BCUT2D eigenvalue weighted by atomic mass is 16.5. The molecule has 0 amide bonds. The summed E-state index contributed by atoms with van der Waals surface area (Å²) in [6, 6.07) is 4.16. The fourth-order valence-electron chi connectivity index (χ4n) is 1.40. The summed E-state index contributed by atoms with van der Waals surface area (Å²) in [4.78, 5) is 15.1. The van der Waals surface area contributed by atoms with Crippen LogP contribution in [-0.4, -0.2) is 24.6 Å². The summed E-state index contributed by atoms with van der Waals surface area (Å²) in [5, 5.41) is 3.30. The second-order valence-corrected chi connectivity index (χ2v) is 3.79. The minimum atomic E-state index is -0.289. The minimum absolute atomic E-state index is 0.222. The maximum atomic E-state index is 11.1. The lowest BCUT2D eigenvalue weighted by molar-refractivity contribution is -0.136. The number of hydrogen-bond acceptors (Lipinski definition) is 4. The van der Waals surface area contributed by atoms with Crippen LogP contribution in [0, 0.1) is 0 Å². The Labute approximate surface area is 102 Å². The number of methoxy groups -OCH3 is 1. The molecule has 0 saturated heterocycles. The largest absolute Gasteiger partial charge is 0.466 e. The normalized spacial score (nSPS) is 13.2. The van der Waals surface area contributed by atoms with Gasteiger partial charge >= 0.3 is 5.97 Å². The molecule has 92 valence electrons. The van der Waals surface area contributed by atoms with Crippen LogP contribution in [0.3, 0.4) is 0 Å². The molecule has 1 unspecified atom stereocenters. The standard InChI is InChI=1S/C13H18N2O2/c1-10(13(16)17-3)4-9-15-11(2)12-5-7-14-8-6-12/h4-8,11,15H,9H2,1-3H3/b10-4+. The van der Waals surface area contributed by atoms with E-state index in [4.69, 9.17) is 0 Å². The number of rotatable bonds is 5. The van der Waals surface area contributed by atoms with Gasteiger partial charge in [-0.05, 0) is 31.5 Å². The SMILES string of the molecule is COC(=O)/C(C)=C/CNC(C)c1ccncc1. The van der Waals surface area contributed by atoms with E-state index in [1.165, 1.54) is 12.7 Å². The van der Waals surface area contributed by atoms with E-state index in [1.807, 2.05) is 18.2 Å². The van der Waals surface area contributed by atoms with E-state index < -0.39 is 0 Å². The molecule has 1 atom stereocenters. The van der Waals surface area contributed by atoms with Crippen molar-refractivity contribution in [3.8, 4) is 0 Å².